The molecule has 0 aliphatic carbocycles. The molecule has 1 rings (SSSR count). The summed E-state index contributed by atoms with van der Waals surface area (Å²) in [4.78, 5) is 2.40. The fourth-order valence-electron chi connectivity index (χ4n) is 2.05. The molecule has 1 aromatic rings. The number of rotatable bonds is 8. The van der Waals surface area contributed by atoms with E-state index in [1.165, 1.54) is 5.56 Å². The maximum absolute atomic E-state index is 6.26. The number of methoxy groups -OCH3 is 1. The van der Waals surface area contributed by atoms with Crippen LogP contribution in [0.4, 0.5) is 0 Å². The molecule has 0 saturated heterocycles. The average molecular weight is 329 g/mol. The highest BCUT2D eigenvalue weighted by molar-refractivity contribution is 9.10. The summed E-state index contributed by atoms with van der Waals surface area (Å²) in [5, 5.41) is 0. The number of ether oxygens (including phenoxy) is 1. The molecule has 0 aliphatic rings. The van der Waals surface area contributed by atoms with Crippen LogP contribution >= 0.6 is 15.9 Å². The van der Waals surface area contributed by atoms with Crippen LogP contribution in [0.1, 0.15) is 31.9 Å². The molecule has 1 aromatic carbocycles. The van der Waals surface area contributed by atoms with E-state index in [0.29, 0.717) is 6.04 Å². The Morgan fingerprint density at radius 1 is 1.32 bits per heavy atom. The molecule has 0 bridgehead atoms. The third-order valence-electron chi connectivity index (χ3n) is 3.32. The Kier molecular flexibility index (Phi) is 7.61. The lowest BCUT2D eigenvalue weighted by atomic mass is 10.0. The van der Waals surface area contributed by atoms with E-state index in [0.717, 1.165) is 30.6 Å². The van der Waals surface area contributed by atoms with Crippen molar-refractivity contribution in [2.24, 2.45) is 5.73 Å². The first-order valence-corrected chi connectivity index (χ1v) is 7.58. The summed E-state index contributed by atoms with van der Waals surface area (Å²) in [5.74, 6) is 0. The van der Waals surface area contributed by atoms with Crippen LogP contribution in [0.15, 0.2) is 28.7 Å². The van der Waals surface area contributed by atoms with Crippen molar-refractivity contribution in [2.45, 2.75) is 32.4 Å². The summed E-state index contributed by atoms with van der Waals surface area (Å²) in [6.07, 6.45) is 0.957. The predicted molar refractivity (Wildman–Crippen MR) is 84.3 cm³/mol. The van der Waals surface area contributed by atoms with Crippen molar-refractivity contribution in [3.05, 3.63) is 34.3 Å². The second kappa shape index (κ2) is 8.69. The minimum absolute atomic E-state index is 0.0845. The van der Waals surface area contributed by atoms with E-state index in [2.05, 4.69) is 46.8 Å². The summed E-state index contributed by atoms with van der Waals surface area (Å²) >= 11 is 3.49. The third-order valence-corrected chi connectivity index (χ3v) is 3.81. The highest BCUT2D eigenvalue weighted by Crippen LogP contribution is 2.19. The van der Waals surface area contributed by atoms with Gasteiger partial charge < -0.3 is 10.5 Å². The number of hydrogen-bond acceptors (Lipinski definition) is 3. The van der Waals surface area contributed by atoms with Gasteiger partial charge in [-0.1, -0.05) is 28.1 Å². The predicted octanol–water partition coefficient (Wildman–Crippen LogP) is 3.20. The van der Waals surface area contributed by atoms with Crippen molar-refractivity contribution >= 4 is 15.9 Å². The molecule has 2 N–H and O–H groups in total. The lowest BCUT2D eigenvalue weighted by Crippen LogP contribution is -2.36. The minimum atomic E-state index is 0.0845. The van der Waals surface area contributed by atoms with E-state index < -0.39 is 0 Å². The molecule has 1 unspecified atom stereocenters. The van der Waals surface area contributed by atoms with Gasteiger partial charge in [0, 0.05) is 36.8 Å². The molecular weight excluding hydrogens is 304 g/mol. The van der Waals surface area contributed by atoms with Crippen LogP contribution in [0, 0.1) is 0 Å². The molecule has 108 valence electrons. The van der Waals surface area contributed by atoms with Crippen LogP contribution in [0.5, 0.6) is 0 Å². The van der Waals surface area contributed by atoms with Gasteiger partial charge in [0.15, 0.2) is 0 Å². The largest absolute Gasteiger partial charge is 0.383 e. The van der Waals surface area contributed by atoms with Crippen LogP contribution in [0.2, 0.25) is 0 Å². The van der Waals surface area contributed by atoms with Crippen molar-refractivity contribution < 1.29 is 4.74 Å². The molecule has 4 heteroatoms. The SMILES string of the molecule is COCCN(CCC(N)c1cccc(Br)c1)C(C)C. The zero-order chi connectivity index (χ0) is 14.3. The summed E-state index contributed by atoms with van der Waals surface area (Å²) < 4.78 is 6.23. The Morgan fingerprint density at radius 3 is 2.63 bits per heavy atom. The lowest BCUT2D eigenvalue weighted by molar-refractivity contribution is 0.127. The first-order valence-electron chi connectivity index (χ1n) is 6.78. The number of hydrogen-bond donors (Lipinski definition) is 1. The van der Waals surface area contributed by atoms with Gasteiger partial charge in [0.05, 0.1) is 6.61 Å². The third kappa shape index (κ3) is 6.04. The fraction of sp³-hybridized carbons (Fsp3) is 0.600. The first kappa shape index (κ1) is 16.6. The Bertz CT molecular complexity index is 371. The number of benzene rings is 1. The van der Waals surface area contributed by atoms with Crippen molar-refractivity contribution in [2.75, 3.05) is 26.8 Å². The van der Waals surface area contributed by atoms with E-state index in [9.17, 15) is 0 Å². The molecule has 0 radical (unpaired) electrons. The zero-order valence-corrected chi connectivity index (χ0v) is 13.7. The smallest absolute Gasteiger partial charge is 0.0589 e. The molecule has 0 aliphatic heterocycles. The molecule has 0 amide bonds. The van der Waals surface area contributed by atoms with Crippen molar-refractivity contribution in [1.82, 2.24) is 4.90 Å². The molecule has 0 fully saturated rings. The average Bonchev–Trinajstić information content (AvgIpc) is 2.38. The van der Waals surface area contributed by atoms with Crippen molar-refractivity contribution in [3.8, 4) is 0 Å². The topological polar surface area (TPSA) is 38.5 Å². The lowest BCUT2D eigenvalue weighted by Gasteiger charge is -2.27. The van der Waals surface area contributed by atoms with E-state index in [4.69, 9.17) is 10.5 Å². The Labute approximate surface area is 125 Å². The standard InChI is InChI=1S/C15H25BrN2O/c1-12(2)18(9-10-19-3)8-7-15(17)13-5-4-6-14(16)11-13/h4-6,11-12,15H,7-10,17H2,1-3H3. The van der Waals surface area contributed by atoms with E-state index >= 15 is 0 Å². The van der Waals surface area contributed by atoms with E-state index in [-0.39, 0.29) is 6.04 Å². The van der Waals surface area contributed by atoms with Gasteiger partial charge in [-0.2, -0.15) is 0 Å². The van der Waals surface area contributed by atoms with Crippen LogP contribution in [0.25, 0.3) is 0 Å². The van der Waals surface area contributed by atoms with Gasteiger partial charge in [0.25, 0.3) is 0 Å². The maximum Gasteiger partial charge on any atom is 0.0589 e. The van der Waals surface area contributed by atoms with Crippen molar-refractivity contribution in [3.63, 3.8) is 0 Å². The molecular formula is C15H25BrN2O. The second-order valence-electron chi connectivity index (χ2n) is 5.07. The molecule has 1 atom stereocenters. The van der Waals surface area contributed by atoms with Gasteiger partial charge in [0.2, 0.25) is 0 Å². The Balaban J connectivity index is 2.49. The quantitative estimate of drug-likeness (QED) is 0.796. The molecule has 19 heavy (non-hydrogen) atoms. The summed E-state index contributed by atoms with van der Waals surface area (Å²) in [6.45, 7) is 7.14. The highest BCUT2D eigenvalue weighted by Gasteiger charge is 2.12. The number of halogens is 1. The maximum atomic E-state index is 6.26. The van der Waals surface area contributed by atoms with E-state index in [1.807, 2.05) is 12.1 Å². The minimum Gasteiger partial charge on any atom is -0.383 e. The van der Waals surface area contributed by atoms with Gasteiger partial charge in [-0.15, -0.1) is 0 Å². The van der Waals surface area contributed by atoms with Crippen LogP contribution in [-0.4, -0.2) is 37.7 Å². The number of nitrogens with two attached hydrogens (primary N) is 1. The highest BCUT2D eigenvalue weighted by atomic mass is 79.9. The summed E-state index contributed by atoms with van der Waals surface area (Å²) in [5.41, 5.74) is 7.45. The van der Waals surface area contributed by atoms with Gasteiger partial charge in [-0.05, 0) is 38.0 Å². The second-order valence-corrected chi connectivity index (χ2v) is 5.99. The monoisotopic (exact) mass is 328 g/mol. The fourth-order valence-corrected chi connectivity index (χ4v) is 2.46. The van der Waals surface area contributed by atoms with Crippen molar-refractivity contribution in [1.29, 1.82) is 0 Å². The van der Waals surface area contributed by atoms with E-state index in [1.54, 1.807) is 7.11 Å². The van der Waals surface area contributed by atoms with Gasteiger partial charge in [0.1, 0.15) is 0 Å². The Hall–Kier alpha value is -0.420. The molecule has 0 spiro atoms. The molecule has 0 saturated carbocycles. The van der Waals surface area contributed by atoms with Crippen LogP contribution in [-0.2, 0) is 4.74 Å². The normalized spacial score (nSPS) is 13.2. The van der Waals surface area contributed by atoms with Crippen LogP contribution in [0.3, 0.4) is 0 Å². The Morgan fingerprint density at radius 2 is 2.05 bits per heavy atom. The summed E-state index contributed by atoms with van der Waals surface area (Å²) in [6, 6.07) is 8.84. The zero-order valence-electron chi connectivity index (χ0n) is 12.1. The number of nitrogens with zero attached hydrogens (tertiary/aromatic N) is 1. The van der Waals surface area contributed by atoms with Gasteiger partial charge in [-0.25, -0.2) is 0 Å². The first-order chi connectivity index (χ1) is 9.04. The van der Waals surface area contributed by atoms with Gasteiger partial charge >= 0.3 is 0 Å². The molecule has 3 nitrogen and oxygen atoms in total. The summed E-state index contributed by atoms with van der Waals surface area (Å²) in [7, 11) is 1.74. The molecule has 0 heterocycles. The van der Waals surface area contributed by atoms with Gasteiger partial charge in [-0.3, -0.25) is 4.90 Å². The molecule has 0 aromatic heterocycles. The van der Waals surface area contributed by atoms with Crippen LogP contribution < -0.4 is 5.73 Å².